The molecule has 1 heteroatoms. The zero-order valence-corrected chi connectivity index (χ0v) is 10.1. The van der Waals surface area contributed by atoms with E-state index in [9.17, 15) is 0 Å². The normalized spacial score (nSPS) is 20.1. The Morgan fingerprint density at radius 2 is 2.06 bits per heavy atom. The lowest BCUT2D eigenvalue weighted by molar-refractivity contribution is 0.583. The molecular formula is C15H21N. The van der Waals surface area contributed by atoms with Gasteiger partial charge in [-0.25, -0.2) is 0 Å². The van der Waals surface area contributed by atoms with Crippen molar-refractivity contribution in [2.45, 2.75) is 38.6 Å². The number of hydrogen-bond acceptors (Lipinski definition) is 1. The second-order valence-electron chi connectivity index (χ2n) is 4.46. The van der Waals surface area contributed by atoms with Gasteiger partial charge in [-0.1, -0.05) is 50.1 Å². The number of nitrogens with zero attached hydrogens (tertiary/aromatic N) is 1. The van der Waals surface area contributed by atoms with Crippen LogP contribution in [0.2, 0.25) is 0 Å². The molecule has 1 aliphatic heterocycles. The van der Waals surface area contributed by atoms with E-state index in [4.69, 9.17) is 0 Å². The number of para-hydroxylation sites is 1. The third-order valence-corrected chi connectivity index (χ3v) is 3.24. The first-order valence-electron chi connectivity index (χ1n) is 6.40. The highest BCUT2D eigenvalue weighted by Crippen LogP contribution is 2.23. The minimum Gasteiger partial charge on any atom is -0.365 e. The highest BCUT2D eigenvalue weighted by atomic mass is 15.2. The summed E-state index contributed by atoms with van der Waals surface area (Å²) in [5.41, 5.74) is 1.37. The molecule has 1 nitrogen and oxygen atoms in total. The molecule has 0 fully saturated rings. The number of rotatable bonds is 4. The molecular weight excluding hydrogens is 194 g/mol. The maximum absolute atomic E-state index is 2.54. The minimum absolute atomic E-state index is 0.607. The molecule has 0 amide bonds. The Kier molecular flexibility index (Phi) is 4.03. The average molecular weight is 215 g/mol. The van der Waals surface area contributed by atoms with Crippen molar-refractivity contribution in [3.63, 3.8) is 0 Å². The summed E-state index contributed by atoms with van der Waals surface area (Å²) < 4.78 is 0. The summed E-state index contributed by atoms with van der Waals surface area (Å²) in [6, 6.07) is 11.4. The van der Waals surface area contributed by atoms with Crippen LogP contribution in [0, 0.1) is 0 Å². The number of benzene rings is 1. The zero-order valence-electron chi connectivity index (χ0n) is 10.1. The van der Waals surface area contributed by atoms with Crippen LogP contribution in [-0.2, 0) is 0 Å². The molecule has 0 bridgehead atoms. The summed E-state index contributed by atoms with van der Waals surface area (Å²) in [6.07, 6.45) is 9.77. The molecule has 0 saturated carbocycles. The van der Waals surface area contributed by atoms with Crippen LogP contribution in [0.1, 0.15) is 32.6 Å². The van der Waals surface area contributed by atoms with Crippen molar-refractivity contribution in [3.05, 3.63) is 42.5 Å². The fraction of sp³-hybridized carbons (Fsp3) is 0.467. The standard InChI is InChI=1S/C15H21N/c1-2-3-9-14-12-7-8-13-16(14)15-10-5-4-6-11-15/h4-7,10-12,14H,2-3,8-9,13H2,1H3. The third kappa shape index (κ3) is 2.66. The van der Waals surface area contributed by atoms with Crippen molar-refractivity contribution in [3.8, 4) is 0 Å². The van der Waals surface area contributed by atoms with E-state index in [1.807, 2.05) is 0 Å². The van der Waals surface area contributed by atoms with Gasteiger partial charge in [0.2, 0.25) is 0 Å². The van der Waals surface area contributed by atoms with Crippen LogP contribution < -0.4 is 4.90 Å². The highest BCUT2D eigenvalue weighted by molar-refractivity contribution is 5.48. The topological polar surface area (TPSA) is 3.24 Å². The molecule has 16 heavy (non-hydrogen) atoms. The average Bonchev–Trinajstić information content (AvgIpc) is 2.38. The van der Waals surface area contributed by atoms with E-state index < -0.39 is 0 Å². The Labute approximate surface area is 98.8 Å². The van der Waals surface area contributed by atoms with Gasteiger partial charge in [-0.2, -0.15) is 0 Å². The van der Waals surface area contributed by atoms with E-state index >= 15 is 0 Å². The molecule has 86 valence electrons. The maximum Gasteiger partial charge on any atom is 0.0473 e. The summed E-state index contributed by atoms with van der Waals surface area (Å²) in [4.78, 5) is 2.54. The molecule has 0 aliphatic carbocycles. The Hall–Kier alpha value is -1.24. The maximum atomic E-state index is 2.54. The molecule has 1 aromatic rings. The van der Waals surface area contributed by atoms with Gasteiger partial charge >= 0.3 is 0 Å². The van der Waals surface area contributed by atoms with E-state index in [0.717, 1.165) is 6.54 Å². The predicted octanol–water partition coefficient (Wildman–Crippen LogP) is 4.01. The summed E-state index contributed by atoms with van der Waals surface area (Å²) in [7, 11) is 0. The van der Waals surface area contributed by atoms with Crippen LogP contribution in [0.3, 0.4) is 0 Å². The number of anilines is 1. The van der Waals surface area contributed by atoms with Gasteiger partial charge in [-0.3, -0.25) is 0 Å². The van der Waals surface area contributed by atoms with E-state index in [1.165, 1.54) is 31.4 Å². The molecule has 0 spiro atoms. The molecule has 1 atom stereocenters. The van der Waals surface area contributed by atoms with Crippen molar-refractivity contribution >= 4 is 5.69 Å². The van der Waals surface area contributed by atoms with Crippen LogP contribution >= 0.6 is 0 Å². The van der Waals surface area contributed by atoms with E-state index in [-0.39, 0.29) is 0 Å². The Morgan fingerprint density at radius 3 is 2.81 bits per heavy atom. The van der Waals surface area contributed by atoms with Gasteiger partial charge in [0.25, 0.3) is 0 Å². The van der Waals surface area contributed by atoms with Crippen LogP contribution in [0.5, 0.6) is 0 Å². The molecule has 1 heterocycles. The fourth-order valence-electron chi connectivity index (χ4n) is 2.34. The van der Waals surface area contributed by atoms with Crippen LogP contribution in [0.4, 0.5) is 5.69 Å². The van der Waals surface area contributed by atoms with E-state index in [1.54, 1.807) is 0 Å². The lowest BCUT2D eigenvalue weighted by Crippen LogP contribution is -2.36. The molecule has 2 rings (SSSR count). The summed E-state index contributed by atoms with van der Waals surface area (Å²) in [5.74, 6) is 0. The van der Waals surface area contributed by atoms with Gasteiger partial charge in [0.05, 0.1) is 0 Å². The molecule has 1 aromatic carbocycles. The van der Waals surface area contributed by atoms with E-state index in [0.29, 0.717) is 6.04 Å². The summed E-state index contributed by atoms with van der Waals surface area (Å²) in [5, 5.41) is 0. The van der Waals surface area contributed by atoms with Crippen molar-refractivity contribution in [2.24, 2.45) is 0 Å². The Morgan fingerprint density at radius 1 is 1.25 bits per heavy atom. The fourth-order valence-corrected chi connectivity index (χ4v) is 2.34. The van der Waals surface area contributed by atoms with Crippen LogP contribution in [0.15, 0.2) is 42.5 Å². The minimum atomic E-state index is 0.607. The Balaban J connectivity index is 2.09. The molecule has 0 N–H and O–H groups in total. The molecule has 1 aliphatic rings. The second-order valence-corrected chi connectivity index (χ2v) is 4.46. The molecule has 0 aromatic heterocycles. The first kappa shape index (κ1) is 11.3. The lowest BCUT2D eigenvalue weighted by Gasteiger charge is -2.34. The van der Waals surface area contributed by atoms with Crippen molar-refractivity contribution < 1.29 is 0 Å². The largest absolute Gasteiger partial charge is 0.365 e. The van der Waals surface area contributed by atoms with Gasteiger partial charge < -0.3 is 4.90 Å². The number of unbranched alkanes of at least 4 members (excludes halogenated alkanes) is 1. The van der Waals surface area contributed by atoms with Gasteiger partial charge in [0, 0.05) is 18.3 Å². The van der Waals surface area contributed by atoms with Crippen LogP contribution in [-0.4, -0.2) is 12.6 Å². The van der Waals surface area contributed by atoms with Crippen molar-refractivity contribution in [1.82, 2.24) is 0 Å². The van der Waals surface area contributed by atoms with Crippen molar-refractivity contribution in [1.29, 1.82) is 0 Å². The van der Waals surface area contributed by atoms with E-state index in [2.05, 4.69) is 54.3 Å². The second kappa shape index (κ2) is 5.74. The molecule has 0 radical (unpaired) electrons. The molecule has 1 unspecified atom stereocenters. The highest BCUT2D eigenvalue weighted by Gasteiger charge is 2.17. The van der Waals surface area contributed by atoms with Gasteiger partial charge in [0.1, 0.15) is 0 Å². The van der Waals surface area contributed by atoms with Gasteiger partial charge in [-0.15, -0.1) is 0 Å². The Bertz CT molecular complexity index is 329. The lowest BCUT2D eigenvalue weighted by atomic mass is 10.0. The first-order valence-corrected chi connectivity index (χ1v) is 6.40. The smallest absolute Gasteiger partial charge is 0.0473 e. The zero-order chi connectivity index (χ0) is 11.2. The molecule has 0 saturated heterocycles. The predicted molar refractivity (Wildman–Crippen MR) is 70.9 cm³/mol. The SMILES string of the molecule is CCCCC1C=CCCN1c1ccccc1. The van der Waals surface area contributed by atoms with Gasteiger partial charge in [0.15, 0.2) is 0 Å². The monoisotopic (exact) mass is 215 g/mol. The number of hydrogen-bond donors (Lipinski definition) is 0. The van der Waals surface area contributed by atoms with Crippen LogP contribution in [0.25, 0.3) is 0 Å². The first-order chi connectivity index (χ1) is 7.92. The quantitative estimate of drug-likeness (QED) is 0.686. The third-order valence-electron chi connectivity index (χ3n) is 3.24. The summed E-state index contributed by atoms with van der Waals surface area (Å²) in [6.45, 7) is 3.42. The van der Waals surface area contributed by atoms with Crippen molar-refractivity contribution in [2.75, 3.05) is 11.4 Å². The van der Waals surface area contributed by atoms with Gasteiger partial charge in [-0.05, 0) is 25.0 Å². The summed E-state index contributed by atoms with van der Waals surface area (Å²) >= 11 is 0.